The molecule has 33 heavy (non-hydrogen) atoms. The van der Waals surface area contributed by atoms with Gasteiger partial charge in [0.05, 0.1) is 6.04 Å². The van der Waals surface area contributed by atoms with Crippen LogP contribution in [0.25, 0.3) is 10.8 Å². The lowest BCUT2D eigenvalue weighted by Crippen LogP contribution is -2.39. The van der Waals surface area contributed by atoms with Gasteiger partial charge in [0.2, 0.25) is 0 Å². The van der Waals surface area contributed by atoms with Gasteiger partial charge in [-0.2, -0.15) is 0 Å². The van der Waals surface area contributed by atoms with E-state index in [-0.39, 0.29) is 0 Å². The van der Waals surface area contributed by atoms with Crippen LogP contribution in [0.3, 0.4) is 0 Å². The van der Waals surface area contributed by atoms with Gasteiger partial charge >= 0.3 is 0 Å². The summed E-state index contributed by atoms with van der Waals surface area (Å²) in [4.78, 5) is 2.81. The average molecular weight is 438 g/mol. The average Bonchev–Trinajstić information content (AvgIpc) is 2.86. The summed E-state index contributed by atoms with van der Waals surface area (Å²) >= 11 is 0. The van der Waals surface area contributed by atoms with E-state index in [0.717, 1.165) is 0 Å². The molecule has 4 bridgehead atoms. The minimum atomic E-state index is 0.549. The van der Waals surface area contributed by atoms with Gasteiger partial charge < -0.3 is 4.90 Å². The lowest BCUT2D eigenvalue weighted by Gasteiger charge is -2.47. The van der Waals surface area contributed by atoms with Crippen LogP contribution in [0.5, 0.6) is 0 Å². The molecule has 2 atom stereocenters. The molecule has 0 radical (unpaired) electrons. The standard InChI is InChI=1S/C32H39N/c1-2-4-6-8-14-20-33-31-19-13-12-17-27(31)25-22-29-28-18-11-10-16-26(28)24(15-9-7-5-3-1)21-30(29)32(33)23-25/h10-13,16-19,21,25,32H,1-9,14-15,20,22-23H2. The van der Waals surface area contributed by atoms with Crippen molar-refractivity contribution in [3.8, 4) is 0 Å². The Balaban J connectivity index is 1.44. The fourth-order valence-electron chi connectivity index (χ4n) is 7.07. The molecular formula is C32H39N. The summed E-state index contributed by atoms with van der Waals surface area (Å²) in [5, 5.41) is 3.06. The lowest BCUT2D eigenvalue weighted by molar-refractivity contribution is 0.438. The van der Waals surface area contributed by atoms with Crippen molar-refractivity contribution < 1.29 is 0 Å². The zero-order valence-corrected chi connectivity index (χ0v) is 20.2. The van der Waals surface area contributed by atoms with Crippen molar-refractivity contribution in [2.45, 2.75) is 95.4 Å². The van der Waals surface area contributed by atoms with Crippen LogP contribution in [-0.2, 0) is 12.8 Å². The van der Waals surface area contributed by atoms with Crippen LogP contribution >= 0.6 is 0 Å². The van der Waals surface area contributed by atoms with E-state index in [1.807, 2.05) is 0 Å². The van der Waals surface area contributed by atoms with E-state index in [2.05, 4.69) is 59.5 Å². The highest BCUT2D eigenvalue weighted by Gasteiger charge is 2.38. The Morgan fingerprint density at radius 3 is 2.12 bits per heavy atom. The van der Waals surface area contributed by atoms with Gasteiger partial charge in [-0.05, 0) is 77.1 Å². The van der Waals surface area contributed by atoms with Crippen LogP contribution in [0.1, 0.15) is 105 Å². The number of para-hydroxylation sites is 1. The summed E-state index contributed by atoms with van der Waals surface area (Å²) in [5.74, 6) is 0.665. The first kappa shape index (κ1) is 21.3. The van der Waals surface area contributed by atoms with Crippen molar-refractivity contribution >= 4 is 16.5 Å². The summed E-state index contributed by atoms with van der Waals surface area (Å²) < 4.78 is 0. The van der Waals surface area contributed by atoms with Crippen LogP contribution in [0.15, 0.2) is 54.6 Å². The Labute approximate surface area is 200 Å². The van der Waals surface area contributed by atoms with Gasteiger partial charge in [-0.1, -0.05) is 99.9 Å². The fourth-order valence-corrected chi connectivity index (χ4v) is 7.07. The van der Waals surface area contributed by atoms with Gasteiger partial charge in [-0.25, -0.2) is 0 Å². The zero-order chi connectivity index (χ0) is 22.0. The van der Waals surface area contributed by atoms with Crippen LogP contribution in [0, 0.1) is 0 Å². The Morgan fingerprint density at radius 1 is 0.636 bits per heavy atom. The minimum Gasteiger partial charge on any atom is -0.364 e. The second-order valence-electron chi connectivity index (χ2n) is 10.8. The van der Waals surface area contributed by atoms with Crippen LogP contribution in [-0.4, -0.2) is 6.54 Å². The number of rotatable bonds is 0. The van der Waals surface area contributed by atoms with Crippen LogP contribution in [0.2, 0.25) is 0 Å². The number of fused-ring (bicyclic) bond motifs is 8. The molecule has 0 N–H and O–H groups in total. The number of anilines is 1. The molecule has 0 amide bonds. The van der Waals surface area contributed by atoms with E-state index in [0.29, 0.717) is 12.0 Å². The molecular weight excluding hydrogens is 398 g/mol. The number of nitrogens with zero attached hydrogens (tertiary/aromatic N) is 1. The predicted octanol–water partition coefficient (Wildman–Crippen LogP) is 8.89. The summed E-state index contributed by atoms with van der Waals surface area (Å²) in [6, 6.07) is 21.9. The monoisotopic (exact) mass is 437 g/mol. The molecule has 3 aromatic carbocycles. The largest absolute Gasteiger partial charge is 0.364 e. The molecule has 0 saturated heterocycles. The topological polar surface area (TPSA) is 3.24 Å². The summed E-state index contributed by atoms with van der Waals surface area (Å²) in [7, 11) is 0. The zero-order valence-electron chi connectivity index (χ0n) is 20.2. The van der Waals surface area contributed by atoms with E-state index in [1.165, 1.54) is 106 Å². The maximum Gasteiger partial charge on any atom is 0.0551 e. The Hall–Kier alpha value is -2.28. The first-order valence-corrected chi connectivity index (χ1v) is 13.8. The van der Waals surface area contributed by atoms with Crippen LogP contribution < -0.4 is 4.90 Å². The maximum atomic E-state index is 2.81. The fraction of sp³-hybridized carbons (Fsp3) is 0.500. The van der Waals surface area contributed by atoms with Gasteiger partial charge in [0.15, 0.2) is 0 Å². The lowest BCUT2D eigenvalue weighted by atomic mass is 9.71. The molecule has 2 unspecified atom stereocenters. The second-order valence-corrected chi connectivity index (χ2v) is 10.8. The highest BCUT2D eigenvalue weighted by Crippen LogP contribution is 2.52. The summed E-state index contributed by atoms with van der Waals surface area (Å²) in [5.41, 5.74) is 8.02. The van der Waals surface area contributed by atoms with E-state index < -0.39 is 0 Å². The smallest absolute Gasteiger partial charge is 0.0551 e. The van der Waals surface area contributed by atoms with Crippen molar-refractivity contribution in [3.05, 3.63) is 76.9 Å². The van der Waals surface area contributed by atoms with Gasteiger partial charge in [-0.3, -0.25) is 0 Å². The molecule has 2 aliphatic heterocycles. The van der Waals surface area contributed by atoms with Gasteiger partial charge in [0, 0.05) is 12.2 Å². The summed E-state index contributed by atoms with van der Waals surface area (Å²) in [6.45, 7) is 1.20. The quantitative estimate of drug-likeness (QED) is 0.339. The predicted molar refractivity (Wildman–Crippen MR) is 141 cm³/mol. The van der Waals surface area contributed by atoms with Crippen molar-refractivity contribution in [2.75, 3.05) is 11.4 Å². The second kappa shape index (κ2) is 9.53. The molecule has 172 valence electrons. The Kier molecular flexibility index (Phi) is 6.14. The normalized spacial score (nSPS) is 23.8. The first-order valence-electron chi connectivity index (χ1n) is 13.8. The maximum absolute atomic E-state index is 2.81. The highest BCUT2D eigenvalue weighted by molar-refractivity contribution is 5.91. The molecule has 0 spiro atoms. The van der Waals surface area contributed by atoms with Crippen molar-refractivity contribution in [1.82, 2.24) is 0 Å². The van der Waals surface area contributed by atoms with E-state index >= 15 is 0 Å². The van der Waals surface area contributed by atoms with Crippen molar-refractivity contribution in [2.24, 2.45) is 0 Å². The highest BCUT2D eigenvalue weighted by atomic mass is 15.2. The molecule has 2 heterocycles. The van der Waals surface area contributed by atoms with E-state index in [9.17, 15) is 0 Å². The number of benzene rings is 3. The molecule has 0 fully saturated rings. The number of aryl methyl sites for hydroxylation is 1. The molecule has 1 aliphatic carbocycles. The molecule has 6 rings (SSSR count). The third kappa shape index (κ3) is 4.09. The summed E-state index contributed by atoms with van der Waals surface area (Å²) in [6.07, 6.45) is 17.7. The van der Waals surface area contributed by atoms with Crippen LogP contribution in [0.4, 0.5) is 5.69 Å². The Bertz CT molecular complexity index is 1110. The molecule has 1 heteroatoms. The van der Waals surface area contributed by atoms with Crippen molar-refractivity contribution in [3.63, 3.8) is 0 Å². The van der Waals surface area contributed by atoms with Gasteiger partial charge in [-0.15, -0.1) is 0 Å². The van der Waals surface area contributed by atoms with E-state index in [1.54, 1.807) is 22.3 Å². The molecule has 0 saturated carbocycles. The first-order chi connectivity index (χ1) is 16.4. The van der Waals surface area contributed by atoms with Crippen molar-refractivity contribution in [1.29, 1.82) is 0 Å². The van der Waals surface area contributed by atoms with Gasteiger partial charge in [0.1, 0.15) is 0 Å². The third-order valence-electron chi connectivity index (χ3n) is 8.75. The molecule has 3 aliphatic rings. The molecule has 1 nitrogen and oxygen atoms in total. The molecule has 0 aromatic heterocycles. The molecule has 3 aromatic rings. The minimum absolute atomic E-state index is 0.549. The SMILES string of the molecule is c1ccc2c(c1)C1Cc3c4cc(c5ccccc35)CCCCCCCCCCCCN2C4C1. The van der Waals surface area contributed by atoms with Gasteiger partial charge in [0.25, 0.3) is 0 Å². The Morgan fingerprint density at radius 2 is 1.30 bits per heavy atom. The van der Waals surface area contributed by atoms with E-state index in [4.69, 9.17) is 0 Å². The number of hydrogen-bond acceptors (Lipinski definition) is 1. The number of hydrogen-bond donors (Lipinski definition) is 0. The third-order valence-corrected chi connectivity index (χ3v) is 8.75.